The number of nitrogens with zero attached hydrogens (tertiary/aromatic N) is 2. The quantitative estimate of drug-likeness (QED) is 0.106. The van der Waals surface area contributed by atoms with Crippen molar-refractivity contribution in [3.63, 3.8) is 0 Å². The van der Waals surface area contributed by atoms with Crippen LogP contribution in [0.1, 0.15) is 63.5 Å². The molecule has 1 aromatic heterocycles. The van der Waals surface area contributed by atoms with Gasteiger partial charge in [0.05, 0.1) is 11.0 Å². The first kappa shape index (κ1) is 44.0. The van der Waals surface area contributed by atoms with Crippen LogP contribution >= 0.6 is 0 Å². The number of para-hydroxylation sites is 2. The van der Waals surface area contributed by atoms with E-state index in [9.17, 15) is 0 Å². The second-order valence-corrected chi connectivity index (χ2v) is 19.4. The van der Waals surface area contributed by atoms with Crippen LogP contribution in [0.3, 0.4) is 0 Å². The molecule has 1 aliphatic rings. The van der Waals surface area contributed by atoms with Crippen LogP contribution < -0.4 is 4.90 Å². The van der Waals surface area contributed by atoms with Crippen LogP contribution in [0.25, 0.3) is 83.1 Å². The van der Waals surface area contributed by atoms with Gasteiger partial charge in [-0.2, -0.15) is 0 Å². The van der Waals surface area contributed by atoms with Gasteiger partial charge in [0, 0.05) is 38.9 Å². The second-order valence-electron chi connectivity index (χ2n) is 19.4. The van der Waals surface area contributed by atoms with E-state index in [2.05, 4.69) is 266 Å². The fourth-order valence-corrected chi connectivity index (χ4v) is 11.6. The van der Waals surface area contributed by atoms with Crippen molar-refractivity contribution in [1.29, 1.82) is 0 Å². The van der Waals surface area contributed by atoms with E-state index in [4.69, 9.17) is 0 Å². The summed E-state index contributed by atoms with van der Waals surface area (Å²) < 4.78 is 2.49. The molecule has 0 radical (unpaired) electrons. The van der Waals surface area contributed by atoms with Crippen molar-refractivity contribution in [3.05, 3.63) is 254 Å². The van der Waals surface area contributed by atoms with Crippen LogP contribution in [-0.2, 0) is 5.41 Å². The van der Waals surface area contributed by atoms with Gasteiger partial charge in [-0.15, -0.1) is 0 Å². The number of anilines is 3. The monoisotopic (exact) mass is 914 g/mol. The lowest BCUT2D eigenvalue weighted by molar-refractivity contribution is 0.414. The average molecular weight is 915 g/mol. The molecular formula is C69H58N2. The third-order valence-electron chi connectivity index (χ3n) is 15.2. The zero-order valence-electron chi connectivity index (χ0n) is 40.7. The van der Waals surface area contributed by atoms with Crippen molar-refractivity contribution < 1.29 is 0 Å². The summed E-state index contributed by atoms with van der Waals surface area (Å²) >= 11 is 0. The standard InChI is InChI=1S/C69H58N2/c1-3-5-45-69(46-6-4-2)65-47-59(41-43-61(65)62-44-42-60(48-66(62)69)71-67-23-15-13-21-63(67)64-22-14-16-24-68(64)71)70(57-37-33-55(34-38-57)53-29-25-51(26-30-53)49-17-9-7-10-18-49)58-39-35-56(36-40-58)54-31-27-52(28-32-54)50-19-11-8-12-20-50/h7-44,47-48H,3-6,45-46H2,1-2H3. The minimum atomic E-state index is -0.126. The largest absolute Gasteiger partial charge is 0.310 e. The molecule has 0 saturated heterocycles. The summed E-state index contributed by atoms with van der Waals surface area (Å²) in [7, 11) is 0. The molecular weight excluding hydrogens is 857 g/mol. The molecule has 0 unspecified atom stereocenters. The molecule has 0 bridgehead atoms. The first-order valence-electron chi connectivity index (χ1n) is 25.7. The molecule has 2 nitrogen and oxygen atoms in total. The predicted molar refractivity (Wildman–Crippen MR) is 302 cm³/mol. The van der Waals surface area contributed by atoms with E-state index < -0.39 is 0 Å². The number of benzene rings is 10. The normalized spacial score (nSPS) is 12.5. The fraction of sp³-hybridized carbons (Fsp3) is 0.130. The zero-order chi connectivity index (χ0) is 47.7. The number of hydrogen-bond donors (Lipinski definition) is 0. The van der Waals surface area contributed by atoms with Gasteiger partial charge in [-0.1, -0.05) is 222 Å². The van der Waals surface area contributed by atoms with Crippen molar-refractivity contribution in [2.75, 3.05) is 4.90 Å². The summed E-state index contributed by atoms with van der Waals surface area (Å²) in [5, 5.41) is 2.59. The van der Waals surface area contributed by atoms with Crippen LogP contribution in [0, 0.1) is 0 Å². The van der Waals surface area contributed by atoms with E-state index >= 15 is 0 Å². The highest BCUT2D eigenvalue weighted by Gasteiger charge is 2.43. The number of aromatic nitrogens is 1. The molecule has 344 valence electrons. The molecule has 1 aliphatic carbocycles. The number of fused-ring (bicyclic) bond motifs is 6. The van der Waals surface area contributed by atoms with Crippen molar-refractivity contribution in [3.8, 4) is 61.3 Å². The highest BCUT2D eigenvalue weighted by Crippen LogP contribution is 2.56. The molecule has 0 spiro atoms. The average Bonchev–Trinajstić information content (AvgIpc) is 3.92. The minimum absolute atomic E-state index is 0.126. The summed E-state index contributed by atoms with van der Waals surface area (Å²) in [6.45, 7) is 4.69. The smallest absolute Gasteiger partial charge is 0.0541 e. The molecule has 0 amide bonds. The van der Waals surface area contributed by atoms with E-state index in [1.165, 1.54) is 99.9 Å². The van der Waals surface area contributed by atoms with Crippen molar-refractivity contribution in [2.24, 2.45) is 0 Å². The van der Waals surface area contributed by atoms with Crippen LogP contribution in [0.15, 0.2) is 243 Å². The van der Waals surface area contributed by atoms with E-state index in [0.717, 1.165) is 49.9 Å². The first-order valence-corrected chi connectivity index (χ1v) is 25.7. The van der Waals surface area contributed by atoms with Crippen LogP contribution in [0.2, 0.25) is 0 Å². The lowest BCUT2D eigenvalue weighted by Gasteiger charge is -2.34. The molecule has 0 fully saturated rings. The molecule has 0 N–H and O–H groups in total. The maximum atomic E-state index is 2.56. The van der Waals surface area contributed by atoms with Crippen molar-refractivity contribution in [2.45, 2.75) is 57.8 Å². The van der Waals surface area contributed by atoms with Crippen molar-refractivity contribution >= 4 is 38.9 Å². The lowest BCUT2D eigenvalue weighted by Crippen LogP contribution is -2.26. The van der Waals surface area contributed by atoms with Gasteiger partial charge in [0.2, 0.25) is 0 Å². The topological polar surface area (TPSA) is 8.17 Å². The van der Waals surface area contributed by atoms with E-state index in [1.807, 2.05) is 0 Å². The van der Waals surface area contributed by atoms with Crippen LogP contribution in [0.4, 0.5) is 17.1 Å². The van der Waals surface area contributed by atoms with Gasteiger partial charge < -0.3 is 9.47 Å². The Labute approximate surface area is 419 Å². The van der Waals surface area contributed by atoms with Gasteiger partial charge in [-0.3, -0.25) is 0 Å². The minimum Gasteiger partial charge on any atom is -0.310 e. The Balaban J connectivity index is 0.966. The number of rotatable bonds is 14. The Kier molecular flexibility index (Phi) is 11.8. The summed E-state index contributed by atoms with van der Waals surface area (Å²) in [5.41, 5.74) is 22.4. The van der Waals surface area contributed by atoms with Gasteiger partial charge >= 0.3 is 0 Å². The Morgan fingerprint density at radius 2 is 0.690 bits per heavy atom. The Bertz CT molecular complexity index is 3430. The third-order valence-corrected chi connectivity index (χ3v) is 15.2. The van der Waals surface area contributed by atoms with E-state index in [0.29, 0.717) is 0 Å². The molecule has 12 rings (SSSR count). The highest BCUT2D eigenvalue weighted by atomic mass is 15.1. The van der Waals surface area contributed by atoms with Gasteiger partial charge in [0.25, 0.3) is 0 Å². The van der Waals surface area contributed by atoms with Gasteiger partial charge in [-0.25, -0.2) is 0 Å². The zero-order valence-corrected chi connectivity index (χ0v) is 40.7. The molecule has 0 aliphatic heterocycles. The molecule has 1 heterocycles. The molecule has 0 saturated carbocycles. The number of hydrogen-bond acceptors (Lipinski definition) is 1. The number of unbranched alkanes of at least 4 members (excludes halogenated alkanes) is 2. The summed E-state index contributed by atoms with van der Waals surface area (Å²) in [6.07, 6.45) is 6.85. The van der Waals surface area contributed by atoms with E-state index in [-0.39, 0.29) is 5.41 Å². The lowest BCUT2D eigenvalue weighted by atomic mass is 9.70. The third kappa shape index (κ3) is 8.04. The molecule has 0 atom stereocenters. The molecule has 10 aromatic carbocycles. The summed E-state index contributed by atoms with van der Waals surface area (Å²) in [4.78, 5) is 2.47. The van der Waals surface area contributed by atoms with Crippen LogP contribution in [-0.4, -0.2) is 4.57 Å². The van der Waals surface area contributed by atoms with Gasteiger partial charge in [0.1, 0.15) is 0 Å². The molecule has 11 aromatic rings. The molecule has 71 heavy (non-hydrogen) atoms. The van der Waals surface area contributed by atoms with E-state index in [1.54, 1.807) is 0 Å². The maximum absolute atomic E-state index is 2.56. The highest BCUT2D eigenvalue weighted by molar-refractivity contribution is 6.09. The fourth-order valence-electron chi connectivity index (χ4n) is 11.6. The maximum Gasteiger partial charge on any atom is 0.0541 e. The van der Waals surface area contributed by atoms with Crippen LogP contribution in [0.5, 0.6) is 0 Å². The molecule has 2 heteroatoms. The van der Waals surface area contributed by atoms with Gasteiger partial charge in [0.15, 0.2) is 0 Å². The summed E-state index contributed by atoms with van der Waals surface area (Å²) in [5.74, 6) is 0. The Morgan fingerprint density at radius 3 is 1.13 bits per heavy atom. The van der Waals surface area contributed by atoms with Crippen molar-refractivity contribution in [1.82, 2.24) is 4.57 Å². The SMILES string of the molecule is CCCCC1(CCCC)c2cc(N(c3ccc(-c4ccc(-c5ccccc5)cc4)cc3)c3ccc(-c4ccc(-c5ccccc5)cc4)cc3)ccc2-c2ccc(-n3c4ccccc4c4ccccc43)cc21. The Morgan fingerprint density at radius 1 is 0.338 bits per heavy atom. The Hall–Kier alpha value is -8.20. The second kappa shape index (κ2) is 18.9. The predicted octanol–water partition coefficient (Wildman–Crippen LogP) is 19.6. The first-order chi connectivity index (χ1) is 35.1. The van der Waals surface area contributed by atoms with Gasteiger partial charge in [-0.05, 0) is 140 Å². The summed E-state index contributed by atoms with van der Waals surface area (Å²) in [6, 6.07) is 90.0.